The topological polar surface area (TPSA) is 51.8 Å². The number of aromatic hydroxyl groups is 1. The highest BCUT2D eigenvalue weighted by Gasteiger charge is 2.42. The number of benzene rings is 2. The molecule has 3 heterocycles. The average Bonchev–Trinajstić information content (AvgIpc) is 3.76. The maximum atomic E-state index is 15.3. The number of halogens is 2. The minimum Gasteiger partial charge on any atom is -0.507 e. The van der Waals surface area contributed by atoms with Crippen molar-refractivity contribution in [2.24, 2.45) is 0 Å². The standard InChI is InChI=1S/C35H32F2O4S2/c1-34(2,3)33-13-12-32(43-33)31-11-8-22(42-31)16-25(23-9-6-20(39-4)14-29(23)38)26-17-35(36,37)18-27(26)28-19-41-30-15-21(40-5)7-10-24(28)30/h6-16,19,38H,17-18H2,1-5H3. The second-order valence-corrected chi connectivity index (χ2v) is 13.9. The number of phenolic OH excluding ortho intramolecular Hbond substituents is 1. The maximum Gasteiger partial charge on any atom is 0.256 e. The Morgan fingerprint density at radius 1 is 0.907 bits per heavy atom. The van der Waals surface area contributed by atoms with Crippen LogP contribution in [0.2, 0.25) is 0 Å². The van der Waals surface area contributed by atoms with E-state index in [9.17, 15) is 5.11 Å². The molecule has 1 N–H and O–H groups in total. The summed E-state index contributed by atoms with van der Waals surface area (Å²) < 4.78 is 47.1. The van der Waals surface area contributed by atoms with Crippen LogP contribution in [-0.4, -0.2) is 25.2 Å². The van der Waals surface area contributed by atoms with Gasteiger partial charge in [0.15, 0.2) is 0 Å². The molecule has 3 aromatic heterocycles. The van der Waals surface area contributed by atoms with Crippen LogP contribution in [-0.2, 0) is 5.41 Å². The van der Waals surface area contributed by atoms with Gasteiger partial charge in [0.25, 0.3) is 5.92 Å². The Kier molecular flexibility index (Phi) is 7.47. The number of allylic oxidation sites excluding steroid dienone is 3. The molecule has 1 aliphatic rings. The maximum absolute atomic E-state index is 15.3. The average molecular weight is 619 g/mol. The monoisotopic (exact) mass is 618 g/mol. The van der Waals surface area contributed by atoms with Gasteiger partial charge in [-0.25, -0.2) is 8.78 Å². The second-order valence-electron chi connectivity index (χ2n) is 11.7. The van der Waals surface area contributed by atoms with E-state index in [0.717, 1.165) is 20.0 Å². The molecule has 0 unspecified atom stereocenters. The molecule has 0 fully saturated rings. The largest absolute Gasteiger partial charge is 0.507 e. The summed E-state index contributed by atoms with van der Waals surface area (Å²) in [5.74, 6) is -1.90. The first kappa shape index (κ1) is 29.2. The number of alkyl halides is 2. The van der Waals surface area contributed by atoms with Gasteiger partial charge in [0, 0.05) is 61.0 Å². The van der Waals surface area contributed by atoms with Crippen LogP contribution in [0.15, 0.2) is 76.9 Å². The van der Waals surface area contributed by atoms with Gasteiger partial charge in [-0.2, -0.15) is 0 Å². The Balaban J connectivity index is 1.52. The van der Waals surface area contributed by atoms with Gasteiger partial charge in [0.2, 0.25) is 0 Å². The van der Waals surface area contributed by atoms with Crippen LogP contribution in [0.1, 0.15) is 54.5 Å². The molecule has 0 spiro atoms. The molecule has 0 bridgehead atoms. The van der Waals surface area contributed by atoms with Gasteiger partial charge in [-0.1, -0.05) is 20.8 Å². The van der Waals surface area contributed by atoms with E-state index >= 15 is 8.78 Å². The second kappa shape index (κ2) is 11.0. The van der Waals surface area contributed by atoms with Crippen LogP contribution >= 0.6 is 22.7 Å². The van der Waals surface area contributed by atoms with Gasteiger partial charge < -0.3 is 19.0 Å². The van der Waals surface area contributed by atoms with Crippen LogP contribution < -0.4 is 9.47 Å². The van der Waals surface area contributed by atoms with E-state index in [2.05, 4.69) is 39.0 Å². The first-order valence-electron chi connectivity index (χ1n) is 13.9. The minimum absolute atomic E-state index is 0.0423. The molecule has 0 radical (unpaired) electrons. The smallest absolute Gasteiger partial charge is 0.256 e. The molecule has 0 atom stereocenters. The summed E-state index contributed by atoms with van der Waals surface area (Å²) in [6, 6.07) is 18.7. The van der Waals surface area contributed by atoms with E-state index in [1.165, 1.54) is 18.1 Å². The summed E-state index contributed by atoms with van der Waals surface area (Å²) in [7, 11) is 3.09. The van der Waals surface area contributed by atoms with Crippen molar-refractivity contribution in [3.8, 4) is 27.0 Å². The quantitative estimate of drug-likeness (QED) is 0.197. The fourth-order valence-corrected chi connectivity index (χ4v) is 7.56. The lowest BCUT2D eigenvalue weighted by atomic mass is 9.91. The van der Waals surface area contributed by atoms with E-state index in [1.54, 1.807) is 60.3 Å². The number of hydrogen-bond donors (Lipinski definition) is 1. The molecule has 1 aliphatic carbocycles. The lowest BCUT2D eigenvalue weighted by molar-refractivity contribution is 0.0161. The van der Waals surface area contributed by atoms with Crippen molar-refractivity contribution < 1.29 is 27.8 Å². The predicted octanol–water partition coefficient (Wildman–Crippen LogP) is 10.7. The van der Waals surface area contributed by atoms with Gasteiger partial charge >= 0.3 is 0 Å². The highest BCUT2D eigenvalue weighted by atomic mass is 32.1. The third kappa shape index (κ3) is 5.74. The Hall–Kier alpha value is -3.88. The predicted molar refractivity (Wildman–Crippen MR) is 173 cm³/mol. The SMILES string of the molecule is COc1ccc(C(=Cc2ccc(-c3ccc(C(C)(C)C)s3)s2)C2=C(c3coc4cc(OC)ccc34)CC(F)(F)C2)c(O)c1. The van der Waals surface area contributed by atoms with Crippen LogP contribution in [0.3, 0.4) is 0 Å². The summed E-state index contributed by atoms with van der Waals surface area (Å²) in [5.41, 5.74) is 3.21. The zero-order chi connectivity index (χ0) is 30.5. The van der Waals surface area contributed by atoms with Crippen molar-refractivity contribution in [2.45, 2.75) is 45.0 Å². The van der Waals surface area contributed by atoms with Crippen molar-refractivity contribution in [1.82, 2.24) is 0 Å². The number of rotatable bonds is 7. The van der Waals surface area contributed by atoms with Crippen LogP contribution in [0, 0.1) is 0 Å². The lowest BCUT2D eigenvalue weighted by Gasteiger charge is -2.15. The zero-order valence-corrected chi connectivity index (χ0v) is 26.2. The summed E-state index contributed by atoms with van der Waals surface area (Å²) >= 11 is 3.36. The normalized spacial score (nSPS) is 15.5. The summed E-state index contributed by atoms with van der Waals surface area (Å²) in [4.78, 5) is 4.46. The lowest BCUT2D eigenvalue weighted by Crippen LogP contribution is -2.10. The third-order valence-electron chi connectivity index (χ3n) is 7.66. The molecule has 0 saturated heterocycles. The molecule has 2 aromatic carbocycles. The van der Waals surface area contributed by atoms with Crippen molar-refractivity contribution in [2.75, 3.05) is 14.2 Å². The number of furan rings is 1. The van der Waals surface area contributed by atoms with Crippen LogP contribution in [0.5, 0.6) is 17.2 Å². The van der Waals surface area contributed by atoms with E-state index in [0.29, 0.717) is 44.9 Å². The van der Waals surface area contributed by atoms with Gasteiger partial charge in [-0.05, 0) is 76.7 Å². The molecule has 0 amide bonds. The van der Waals surface area contributed by atoms with Gasteiger partial charge in [0.05, 0.1) is 20.5 Å². The Labute approximate surface area is 257 Å². The fourth-order valence-electron chi connectivity index (χ4n) is 5.45. The first-order chi connectivity index (χ1) is 20.5. The van der Waals surface area contributed by atoms with Crippen molar-refractivity contribution in [3.63, 3.8) is 0 Å². The number of hydrogen-bond acceptors (Lipinski definition) is 6. The summed E-state index contributed by atoms with van der Waals surface area (Å²) in [5, 5.41) is 11.8. The van der Waals surface area contributed by atoms with Gasteiger partial charge in [0.1, 0.15) is 22.8 Å². The van der Waals surface area contributed by atoms with E-state index in [4.69, 9.17) is 13.9 Å². The molecule has 0 aliphatic heterocycles. The first-order valence-corrected chi connectivity index (χ1v) is 15.5. The Morgan fingerprint density at radius 3 is 2.30 bits per heavy atom. The number of ether oxygens (including phenoxy) is 2. The highest BCUT2D eigenvalue weighted by molar-refractivity contribution is 7.22. The molecule has 4 nitrogen and oxygen atoms in total. The third-order valence-corrected chi connectivity index (χ3v) is 10.4. The molecule has 5 aromatic rings. The van der Waals surface area contributed by atoms with E-state index < -0.39 is 18.8 Å². The molecule has 6 rings (SSSR count). The number of fused-ring (bicyclic) bond motifs is 1. The molecule has 43 heavy (non-hydrogen) atoms. The fraction of sp³-hybridized carbons (Fsp3) is 0.257. The van der Waals surface area contributed by atoms with E-state index in [1.807, 2.05) is 18.2 Å². The van der Waals surface area contributed by atoms with Gasteiger partial charge in [-0.3, -0.25) is 0 Å². The minimum atomic E-state index is -2.96. The van der Waals surface area contributed by atoms with E-state index in [-0.39, 0.29) is 11.2 Å². The summed E-state index contributed by atoms with van der Waals surface area (Å²) in [6.45, 7) is 6.59. The van der Waals surface area contributed by atoms with Gasteiger partial charge in [-0.15, -0.1) is 22.7 Å². The molecular weight excluding hydrogens is 587 g/mol. The zero-order valence-electron chi connectivity index (χ0n) is 24.6. The van der Waals surface area contributed by atoms with Crippen molar-refractivity contribution in [3.05, 3.63) is 93.4 Å². The van der Waals surface area contributed by atoms with Crippen molar-refractivity contribution in [1.29, 1.82) is 0 Å². The molecule has 8 heteroatoms. The number of phenols is 1. The van der Waals surface area contributed by atoms with Crippen LogP contribution in [0.25, 0.3) is 37.9 Å². The molecule has 222 valence electrons. The molecular formula is C35H32F2O4S2. The summed E-state index contributed by atoms with van der Waals surface area (Å²) in [6.07, 6.45) is 2.56. The Bertz CT molecular complexity index is 1880. The number of methoxy groups -OCH3 is 2. The van der Waals surface area contributed by atoms with Crippen molar-refractivity contribution >= 4 is 50.9 Å². The number of thiophene rings is 2. The Morgan fingerprint density at radius 2 is 1.60 bits per heavy atom. The highest BCUT2D eigenvalue weighted by Crippen LogP contribution is 2.52. The van der Waals surface area contributed by atoms with Crippen LogP contribution in [0.4, 0.5) is 8.78 Å². The molecule has 0 saturated carbocycles.